The third-order valence-electron chi connectivity index (χ3n) is 3.73. The molecule has 0 radical (unpaired) electrons. The average molecular weight is 287 g/mol. The fourth-order valence-corrected chi connectivity index (χ4v) is 2.79. The van der Waals surface area contributed by atoms with Crippen LogP contribution in [0.25, 0.3) is 11.1 Å². The summed E-state index contributed by atoms with van der Waals surface area (Å²) < 4.78 is 0. The van der Waals surface area contributed by atoms with Crippen molar-refractivity contribution in [2.24, 2.45) is 0 Å². The van der Waals surface area contributed by atoms with Gasteiger partial charge in [0.25, 0.3) is 0 Å². The van der Waals surface area contributed by atoms with E-state index in [0.29, 0.717) is 0 Å². The van der Waals surface area contributed by atoms with Crippen molar-refractivity contribution in [3.8, 4) is 11.1 Å². The molecule has 1 aliphatic heterocycles. The Kier molecular flexibility index (Phi) is 4.36. The second-order valence-electron chi connectivity index (χ2n) is 5.23. The monoisotopic (exact) mass is 286 g/mol. The van der Waals surface area contributed by atoms with Crippen molar-refractivity contribution in [2.75, 3.05) is 26.2 Å². The van der Waals surface area contributed by atoms with E-state index in [-0.39, 0.29) is 0 Å². The van der Waals surface area contributed by atoms with E-state index in [1.807, 2.05) is 18.2 Å². The predicted molar refractivity (Wildman–Crippen MR) is 85.0 cm³/mol. The zero-order chi connectivity index (χ0) is 13.8. The van der Waals surface area contributed by atoms with Crippen LogP contribution in [0, 0.1) is 0 Å². The van der Waals surface area contributed by atoms with E-state index in [4.69, 9.17) is 11.6 Å². The molecule has 1 aliphatic rings. The Hall–Kier alpha value is -1.35. The molecule has 0 amide bonds. The Morgan fingerprint density at radius 1 is 0.950 bits per heavy atom. The van der Waals surface area contributed by atoms with E-state index in [1.54, 1.807) is 0 Å². The molecule has 0 aromatic heterocycles. The van der Waals surface area contributed by atoms with Crippen molar-refractivity contribution in [1.82, 2.24) is 10.2 Å². The van der Waals surface area contributed by atoms with Crippen molar-refractivity contribution < 1.29 is 0 Å². The van der Waals surface area contributed by atoms with E-state index in [2.05, 4.69) is 40.5 Å². The Morgan fingerprint density at radius 3 is 2.40 bits per heavy atom. The summed E-state index contributed by atoms with van der Waals surface area (Å²) >= 11 is 6.04. The zero-order valence-electron chi connectivity index (χ0n) is 11.5. The minimum atomic E-state index is 0.785. The lowest BCUT2D eigenvalue weighted by Crippen LogP contribution is -2.42. The van der Waals surface area contributed by atoms with E-state index in [0.717, 1.165) is 37.7 Å². The smallest absolute Gasteiger partial charge is 0.0412 e. The summed E-state index contributed by atoms with van der Waals surface area (Å²) in [5.41, 5.74) is 3.76. The molecule has 2 aromatic carbocycles. The first-order valence-corrected chi connectivity index (χ1v) is 7.47. The third-order valence-corrected chi connectivity index (χ3v) is 3.96. The minimum Gasteiger partial charge on any atom is -0.314 e. The van der Waals surface area contributed by atoms with E-state index >= 15 is 0 Å². The van der Waals surface area contributed by atoms with Gasteiger partial charge in [-0.3, -0.25) is 4.90 Å². The molecule has 20 heavy (non-hydrogen) atoms. The van der Waals surface area contributed by atoms with Gasteiger partial charge in [0.1, 0.15) is 0 Å². The summed E-state index contributed by atoms with van der Waals surface area (Å²) in [6.45, 7) is 5.50. The molecular formula is C17H19ClN2. The van der Waals surface area contributed by atoms with Gasteiger partial charge in [-0.1, -0.05) is 48.0 Å². The molecule has 0 bridgehead atoms. The molecule has 0 aliphatic carbocycles. The Balaban J connectivity index is 1.71. The lowest BCUT2D eigenvalue weighted by molar-refractivity contribution is 0.233. The fourth-order valence-electron chi connectivity index (χ4n) is 2.60. The minimum absolute atomic E-state index is 0.785. The van der Waals surface area contributed by atoms with E-state index in [9.17, 15) is 0 Å². The lowest BCUT2D eigenvalue weighted by atomic mass is 10.0. The normalized spacial score (nSPS) is 16.2. The number of hydrogen-bond acceptors (Lipinski definition) is 2. The van der Waals surface area contributed by atoms with Crippen molar-refractivity contribution >= 4 is 11.6 Å². The maximum atomic E-state index is 6.04. The van der Waals surface area contributed by atoms with Crippen LogP contribution in [0.2, 0.25) is 5.02 Å². The molecule has 2 nitrogen and oxygen atoms in total. The van der Waals surface area contributed by atoms with Crippen molar-refractivity contribution in [2.45, 2.75) is 6.54 Å². The van der Waals surface area contributed by atoms with Crippen LogP contribution in [0.4, 0.5) is 0 Å². The number of benzene rings is 2. The maximum Gasteiger partial charge on any atom is 0.0412 e. The number of hydrogen-bond donors (Lipinski definition) is 1. The summed E-state index contributed by atoms with van der Waals surface area (Å²) in [7, 11) is 0. The van der Waals surface area contributed by atoms with Crippen LogP contribution in [0.3, 0.4) is 0 Å². The number of nitrogens with one attached hydrogen (secondary N) is 1. The van der Waals surface area contributed by atoms with Crippen LogP contribution in [0.1, 0.15) is 5.56 Å². The van der Waals surface area contributed by atoms with Gasteiger partial charge >= 0.3 is 0 Å². The van der Waals surface area contributed by atoms with Gasteiger partial charge in [-0.05, 0) is 28.8 Å². The van der Waals surface area contributed by atoms with Crippen molar-refractivity contribution in [3.63, 3.8) is 0 Å². The molecule has 1 N–H and O–H groups in total. The first-order chi connectivity index (χ1) is 9.81. The molecule has 104 valence electrons. The van der Waals surface area contributed by atoms with Crippen LogP contribution in [0.15, 0.2) is 48.5 Å². The van der Waals surface area contributed by atoms with Gasteiger partial charge in [0.2, 0.25) is 0 Å². The number of piperazine rings is 1. The van der Waals surface area contributed by atoms with Gasteiger partial charge in [-0.15, -0.1) is 0 Å². The number of rotatable bonds is 3. The highest BCUT2D eigenvalue weighted by Gasteiger charge is 2.09. The second kappa shape index (κ2) is 6.40. The van der Waals surface area contributed by atoms with Gasteiger partial charge in [0, 0.05) is 37.7 Å². The molecule has 3 rings (SSSR count). The molecule has 1 fully saturated rings. The van der Waals surface area contributed by atoms with E-state index < -0.39 is 0 Å². The largest absolute Gasteiger partial charge is 0.314 e. The predicted octanol–water partition coefficient (Wildman–Crippen LogP) is 3.41. The van der Waals surface area contributed by atoms with Gasteiger partial charge in [-0.2, -0.15) is 0 Å². The summed E-state index contributed by atoms with van der Waals surface area (Å²) in [6, 6.07) is 16.8. The topological polar surface area (TPSA) is 15.3 Å². The van der Waals surface area contributed by atoms with Crippen molar-refractivity contribution in [1.29, 1.82) is 0 Å². The van der Waals surface area contributed by atoms with Crippen LogP contribution in [-0.4, -0.2) is 31.1 Å². The summed E-state index contributed by atoms with van der Waals surface area (Å²) in [4.78, 5) is 2.49. The summed E-state index contributed by atoms with van der Waals surface area (Å²) in [5, 5.41) is 4.17. The van der Waals surface area contributed by atoms with Gasteiger partial charge in [-0.25, -0.2) is 0 Å². The van der Waals surface area contributed by atoms with Crippen molar-refractivity contribution in [3.05, 3.63) is 59.1 Å². The van der Waals surface area contributed by atoms with Crippen LogP contribution in [-0.2, 0) is 6.54 Å². The number of nitrogens with zero attached hydrogens (tertiary/aromatic N) is 1. The van der Waals surface area contributed by atoms with Gasteiger partial charge < -0.3 is 5.32 Å². The Bertz CT molecular complexity index is 559. The maximum absolute atomic E-state index is 6.04. The molecule has 0 saturated carbocycles. The zero-order valence-corrected chi connectivity index (χ0v) is 12.2. The van der Waals surface area contributed by atoms with Gasteiger partial charge in [0.05, 0.1) is 0 Å². The molecule has 2 aromatic rings. The quantitative estimate of drug-likeness (QED) is 0.930. The van der Waals surface area contributed by atoms with E-state index in [1.165, 1.54) is 16.7 Å². The van der Waals surface area contributed by atoms with Gasteiger partial charge in [0.15, 0.2) is 0 Å². The van der Waals surface area contributed by atoms with Crippen LogP contribution >= 0.6 is 11.6 Å². The Labute approximate surface area is 125 Å². The molecular weight excluding hydrogens is 268 g/mol. The molecule has 0 unspecified atom stereocenters. The van der Waals surface area contributed by atoms with Crippen LogP contribution < -0.4 is 5.32 Å². The highest BCUT2D eigenvalue weighted by atomic mass is 35.5. The highest BCUT2D eigenvalue weighted by molar-refractivity contribution is 6.30. The lowest BCUT2D eigenvalue weighted by Gasteiger charge is -2.27. The first-order valence-electron chi connectivity index (χ1n) is 7.09. The second-order valence-corrected chi connectivity index (χ2v) is 5.67. The highest BCUT2D eigenvalue weighted by Crippen LogP contribution is 2.23. The summed E-state index contributed by atoms with van der Waals surface area (Å²) in [6.07, 6.45) is 0. The molecule has 0 spiro atoms. The summed E-state index contributed by atoms with van der Waals surface area (Å²) in [5.74, 6) is 0. The molecule has 0 atom stereocenters. The third kappa shape index (κ3) is 3.40. The molecule has 1 heterocycles. The SMILES string of the molecule is Clc1cccc(-c2ccc(CN3CCNCC3)cc2)c1. The number of halogens is 1. The first kappa shape index (κ1) is 13.6. The Morgan fingerprint density at radius 2 is 1.70 bits per heavy atom. The van der Waals surface area contributed by atoms with Crippen LogP contribution in [0.5, 0.6) is 0 Å². The molecule has 1 saturated heterocycles. The fraction of sp³-hybridized carbons (Fsp3) is 0.294. The molecule has 3 heteroatoms. The average Bonchev–Trinajstić information content (AvgIpc) is 2.49. The standard InChI is InChI=1S/C17H19ClN2/c18-17-3-1-2-16(12-17)15-6-4-14(5-7-15)13-20-10-8-19-9-11-20/h1-7,12,19H,8-11,13H2.